The molecule has 30 heavy (non-hydrogen) atoms. The molecule has 164 valence electrons. The summed E-state index contributed by atoms with van der Waals surface area (Å²) in [5.74, 6) is -0.0262. The second-order valence-electron chi connectivity index (χ2n) is 6.93. The van der Waals surface area contributed by atoms with Gasteiger partial charge in [-0.2, -0.15) is 0 Å². The minimum absolute atomic E-state index is 0.102. The van der Waals surface area contributed by atoms with Crippen LogP contribution in [0.2, 0.25) is 0 Å². The fraction of sp³-hybridized carbons (Fsp3) is 0.474. The molecule has 11 heteroatoms. The highest BCUT2D eigenvalue weighted by molar-refractivity contribution is 7.13. The van der Waals surface area contributed by atoms with Crippen molar-refractivity contribution in [2.45, 2.75) is 12.8 Å². The summed E-state index contributed by atoms with van der Waals surface area (Å²) in [5, 5.41) is 12.6. The maximum absolute atomic E-state index is 12.2. The number of benzene rings is 1. The lowest BCUT2D eigenvalue weighted by Gasteiger charge is -2.35. The van der Waals surface area contributed by atoms with E-state index in [2.05, 4.69) is 19.6 Å². The number of alkyl halides is 3. The highest BCUT2D eigenvalue weighted by Crippen LogP contribution is 2.23. The lowest BCUT2D eigenvalue weighted by molar-refractivity contribution is -0.274. The highest BCUT2D eigenvalue weighted by atomic mass is 32.1. The molecule has 1 fully saturated rings. The molecule has 1 aromatic heterocycles. The lowest BCUT2D eigenvalue weighted by Crippen LogP contribution is -2.51. The molecule has 1 saturated heterocycles. The van der Waals surface area contributed by atoms with Gasteiger partial charge in [0, 0.05) is 56.8 Å². The monoisotopic (exact) mass is 443 g/mol. The predicted octanol–water partition coefficient (Wildman–Crippen LogP) is 2.33. The van der Waals surface area contributed by atoms with Gasteiger partial charge < -0.3 is 25.4 Å². The SMILES string of the molecule is NC(=NCC(CO)Cc1ccc(OC(F)(F)F)cc1)N1CCN(c2nccs2)CC1. The number of ether oxygens (including phenoxy) is 1. The molecular formula is C19H24F3N5O2S. The first-order valence-corrected chi connectivity index (χ1v) is 10.4. The molecular weight excluding hydrogens is 419 g/mol. The van der Waals surface area contributed by atoms with Crippen molar-refractivity contribution in [2.75, 3.05) is 44.2 Å². The Hall–Kier alpha value is -2.53. The third-order valence-electron chi connectivity index (χ3n) is 4.74. The van der Waals surface area contributed by atoms with Gasteiger partial charge in [0.15, 0.2) is 11.1 Å². The van der Waals surface area contributed by atoms with Gasteiger partial charge >= 0.3 is 6.36 Å². The molecule has 1 aromatic carbocycles. The van der Waals surface area contributed by atoms with E-state index in [0.29, 0.717) is 18.9 Å². The number of thiazole rings is 1. The van der Waals surface area contributed by atoms with Crippen molar-refractivity contribution in [3.63, 3.8) is 0 Å². The van der Waals surface area contributed by atoms with Gasteiger partial charge in [-0.25, -0.2) is 4.98 Å². The standard InChI is InChI=1S/C19H24F3N5O2S/c20-19(21,22)29-16-3-1-14(2-4-16)11-15(13-28)12-25-17(23)26-6-8-27(9-7-26)18-24-5-10-30-18/h1-5,10,15,28H,6-9,11-13H2,(H2,23,25). The topological polar surface area (TPSA) is 87.2 Å². The Labute approximate surface area is 176 Å². The van der Waals surface area contributed by atoms with Crippen LogP contribution in [0.3, 0.4) is 0 Å². The largest absolute Gasteiger partial charge is 0.573 e. The van der Waals surface area contributed by atoms with Crippen molar-refractivity contribution < 1.29 is 23.0 Å². The molecule has 3 N–H and O–H groups in total. The molecule has 0 aliphatic carbocycles. The normalized spacial score (nSPS) is 16.6. The number of aliphatic hydroxyl groups is 1. The maximum atomic E-state index is 12.2. The van der Waals surface area contributed by atoms with Gasteiger partial charge in [0.05, 0.1) is 0 Å². The smallest absolute Gasteiger partial charge is 0.406 e. The first-order chi connectivity index (χ1) is 14.3. The van der Waals surface area contributed by atoms with Crippen LogP contribution in [-0.4, -0.2) is 66.6 Å². The molecule has 1 atom stereocenters. The summed E-state index contributed by atoms with van der Waals surface area (Å²) >= 11 is 1.60. The summed E-state index contributed by atoms with van der Waals surface area (Å²) in [6.45, 7) is 3.31. The molecule has 1 unspecified atom stereocenters. The van der Waals surface area contributed by atoms with E-state index in [1.54, 1.807) is 29.7 Å². The van der Waals surface area contributed by atoms with E-state index in [4.69, 9.17) is 5.73 Å². The van der Waals surface area contributed by atoms with Crippen LogP contribution >= 0.6 is 11.3 Å². The van der Waals surface area contributed by atoms with Crippen molar-refractivity contribution in [3.05, 3.63) is 41.4 Å². The first-order valence-electron chi connectivity index (χ1n) is 9.49. The Morgan fingerprint density at radius 3 is 2.50 bits per heavy atom. The zero-order valence-electron chi connectivity index (χ0n) is 16.3. The fourth-order valence-corrected chi connectivity index (χ4v) is 3.87. The van der Waals surface area contributed by atoms with Gasteiger partial charge in [-0.15, -0.1) is 24.5 Å². The Morgan fingerprint density at radius 1 is 1.23 bits per heavy atom. The van der Waals surface area contributed by atoms with Crippen LogP contribution in [-0.2, 0) is 6.42 Å². The van der Waals surface area contributed by atoms with Crippen LogP contribution in [0.25, 0.3) is 0 Å². The molecule has 3 rings (SSSR count). The molecule has 2 heterocycles. The van der Waals surface area contributed by atoms with Crippen molar-refractivity contribution in [1.82, 2.24) is 9.88 Å². The summed E-state index contributed by atoms with van der Waals surface area (Å²) in [4.78, 5) is 12.9. The van der Waals surface area contributed by atoms with Crippen molar-refractivity contribution >= 4 is 22.4 Å². The second kappa shape index (κ2) is 9.98. The minimum Gasteiger partial charge on any atom is -0.406 e. The Morgan fingerprint density at radius 2 is 1.93 bits per heavy atom. The van der Waals surface area contributed by atoms with Crippen LogP contribution in [0.4, 0.5) is 18.3 Å². The number of anilines is 1. The second-order valence-corrected chi connectivity index (χ2v) is 7.81. The predicted molar refractivity (Wildman–Crippen MR) is 110 cm³/mol. The Balaban J connectivity index is 1.48. The van der Waals surface area contributed by atoms with Gasteiger partial charge in [-0.05, 0) is 24.1 Å². The van der Waals surface area contributed by atoms with Gasteiger partial charge in [-0.3, -0.25) is 4.99 Å². The van der Waals surface area contributed by atoms with Crippen LogP contribution in [0.15, 0.2) is 40.8 Å². The minimum atomic E-state index is -4.72. The van der Waals surface area contributed by atoms with Gasteiger partial charge in [-0.1, -0.05) is 12.1 Å². The molecule has 0 radical (unpaired) electrons. The van der Waals surface area contributed by atoms with Crippen LogP contribution < -0.4 is 15.4 Å². The summed E-state index contributed by atoms with van der Waals surface area (Å²) in [6, 6.07) is 5.62. The number of piperazine rings is 1. The quantitative estimate of drug-likeness (QED) is 0.505. The van der Waals surface area contributed by atoms with Gasteiger partial charge in [0.2, 0.25) is 0 Å². The van der Waals surface area contributed by atoms with E-state index < -0.39 is 6.36 Å². The number of guanidine groups is 1. The zero-order chi connectivity index (χ0) is 21.6. The average Bonchev–Trinajstić information content (AvgIpc) is 3.26. The van der Waals surface area contributed by atoms with Crippen LogP contribution in [0.1, 0.15) is 5.56 Å². The van der Waals surface area contributed by atoms with E-state index in [1.165, 1.54) is 12.1 Å². The zero-order valence-corrected chi connectivity index (χ0v) is 17.1. The molecule has 0 amide bonds. The number of nitrogens with two attached hydrogens (primary N) is 1. The van der Waals surface area contributed by atoms with Crippen LogP contribution in [0, 0.1) is 5.92 Å². The summed E-state index contributed by atoms with van der Waals surface area (Å²) < 4.78 is 40.6. The van der Waals surface area contributed by atoms with Gasteiger partial charge in [0.1, 0.15) is 5.75 Å². The number of aromatic nitrogens is 1. The Kier molecular flexibility index (Phi) is 7.38. The highest BCUT2D eigenvalue weighted by Gasteiger charge is 2.31. The van der Waals surface area contributed by atoms with Crippen molar-refractivity contribution in [3.8, 4) is 5.75 Å². The maximum Gasteiger partial charge on any atom is 0.573 e. The average molecular weight is 443 g/mol. The number of hydrogen-bond donors (Lipinski definition) is 2. The van der Waals surface area contributed by atoms with Crippen molar-refractivity contribution in [2.24, 2.45) is 16.6 Å². The number of halogens is 3. The number of aliphatic imine (C=N–C) groups is 1. The molecule has 1 aliphatic heterocycles. The fourth-order valence-electron chi connectivity index (χ4n) is 3.17. The summed E-state index contributed by atoms with van der Waals surface area (Å²) in [6.07, 6.45) is -2.46. The number of nitrogens with zero attached hydrogens (tertiary/aromatic N) is 4. The summed E-state index contributed by atoms with van der Waals surface area (Å²) in [7, 11) is 0. The molecule has 1 aliphatic rings. The number of aliphatic hydroxyl groups excluding tert-OH is 1. The molecule has 7 nitrogen and oxygen atoms in total. The third-order valence-corrected chi connectivity index (χ3v) is 5.58. The van der Waals surface area contributed by atoms with Gasteiger partial charge in [0.25, 0.3) is 0 Å². The Bertz CT molecular complexity index is 807. The lowest BCUT2D eigenvalue weighted by atomic mass is 10.0. The molecule has 0 bridgehead atoms. The molecule has 0 spiro atoms. The number of rotatable bonds is 7. The van der Waals surface area contributed by atoms with Crippen molar-refractivity contribution in [1.29, 1.82) is 0 Å². The van der Waals surface area contributed by atoms with E-state index >= 15 is 0 Å². The van der Waals surface area contributed by atoms with E-state index in [9.17, 15) is 18.3 Å². The molecule has 2 aromatic rings. The molecule has 0 saturated carbocycles. The number of hydrogen-bond acceptors (Lipinski definition) is 6. The first kappa shape index (κ1) is 22.2. The van der Waals surface area contributed by atoms with E-state index in [-0.39, 0.29) is 18.3 Å². The van der Waals surface area contributed by atoms with Crippen LogP contribution in [0.5, 0.6) is 5.75 Å². The summed E-state index contributed by atoms with van der Waals surface area (Å²) in [5.41, 5.74) is 6.91. The third kappa shape index (κ3) is 6.49. The van der Waals surface area contributed by atoms with E-state index in [0.717, 1.165) is 36.9 Å². The van der Waals surface area contributed by atoms with E-state index in [1.807, 2.05) is 10.3 Å².